The van der Waals surface area contributed by atoms with E-state index < -0.39 is 0 Å². The van der Waals surface area contributed by atoms with Crippen LogP contribution in [-0.2, 0) is 4.74 Å². The van der Waals surface area contributed by atoms with Crippen molar-refractivity contribution in [1.29, 1.82) is 0 Å². The van der Waals surface area contributed by atoms with Crippen molar-refractivity contribution < 1.29 is 4.74 Å². The highest BCUT2D eigenvalue weighted by molar-refractivity contribution is 5.04. The molecule has 1 heteroatoms. The molecule has 3 unspecified atom stereocenters. The number of ether oxygens (including phenoxy) is 1. The summed E-state index contributed by atoms with van der Waals surface area (Å²) in [6, 6.07) is 0. The van der Waals surface area contributed by atoms with Crippen molar-refractivity contribution in [2.45, 2.75) is 72.3 Å². The van der Waals surface area contributed by atoms with Gasteiger partial charge in [0.1, 0.15) is 6.10 Å². The van der Waals surface area contributed by atoms with Crippen molar-refractivity contribution in [2.75, 3.05) is 7.11 Å². The van der Waals surface area contributed by atoms with Crippen molar-refractivity contribution in [3.63, 3.8) is 0 Å². The highest BCUT2D eigenvalue weighted by Gasteiger charge is 2.04. The Kier molecular flexibility index (Phi) is 10.4. The lowest BCUT2D eigenvalue weighted by atomic mass is 9.94. The molecule has 0 aromatic rings. The smallest absolute Gasteiger partial charge is 0.115 e. The van der Waals surface area contributed by atoms with Crippen LogP contribution in [0.4, 0.5) is 0 Å². The van der Waals surface area contributed by atoms with Crippen LogP contribution < -0.4 is 0 Å². The zero-order chi connectivity index (χ0) is 13.1. The maximum atomic E-state index is 5.10. The van der Waals surface area contributed by atoms with E-state index in [1.165, 1.54) is 32.1 Å². The third-order valence-electron chi connectivity index (χ3n) is 3.28. The molecule has 0 radical (unpaired) electrons. The molecule has 1 nitrogen and oxygen atoms in total. The van der Waals surface area contributed by atoms with Gasteiger partial charge in [-0.15, -0.1) is 5.92 Å². The first-order chi connectivity index (χ1) is 8.10. The van der Waals surface area contributed by atoms with Gasteiger partial charge < -0.3 is 4.74 Å². The van der Waals surface area contributed by atoms with Crippen LogP contribution >= 0.6 is 0 Å². The Morgan fingerprint density at radius 1 is 1.00 bits per heavy atom. The van der Waals surface area contributed by atoms with Crippen LogP contribution in [0, 0.1) is 23.7 Å². The van der Waals surface area contributed by atoms with Crippen molar-refractivity contribution in [3.05, 3.63) is 0 Å². The minimum atomic E-state index is 0.0757. The van der Waals surface area contributed by atoms with Gasteiger partial charge in [0.2, 0.25) is 0 Å². The zero-order valence-electron chi connectivity index (χ0n) is 12.4. The number of methoxy groups -OCH3 is 1. The molecule has 0 aromatic heterocycles. The number of hydrogen-bond acceptors (Lipinski definition) is 1. The van der Waals surface area contributed by atoms with E-state index in [1.807, 2.05) is 6.92 Å². The van der Waals surface area contributed by atoms with Gasteiger partial charge >= 0.3 is 0 Å². The number of rotatable bonds is 8. The maximum Gasteiger partial charge on any atom is 0.115 e. The second-order valence-electron chi connectivity index (χ2n) is 5.33. The van der Waals surface area contributed by atoms with Crippen LogP contribution in [0.15, 0.2) is 0 Å². The maximum absolute atomic E-state index is 5.10. The molecule has 0 saturated heterocycles. The van der Waals surface area contributed by atoms with Crippen molar-refractivity contribution in [2.24, 2.45) is 11.8 Å². The quantitative estimate of drug-likeness (QED) is 0.559. The summed E-state index contributed by atoms with van der Waals surface area (Å²) in [5.41, 5.74) is 0. The predicted molar refractivity (Wildman–Crippen MR) is 76.0 cm³/mol. The molecule has 0 heterocycles. The summed E-state index contributed by atoms with van der Waals surface area (Å²) >= 11 is 0. The minimum Gasteiger partial charge on any atom is -0.369 e. The average molecular weight is 238 g/mol. The Morgan fingerprint density at radius 3 is 2.24 bits per heavy atom. The summed E-state index contributed by atoms with van der Waals surface area (Å²) in [4.78, 5) is 0. The summed E-state index contributed by atoms with van der Waals surface area (Å²) < 4.78 is 5.10. The first-order valence-electron chi connectivity index (χ1n) is 7.11. The monoisotopic (exact) mass is 238 g/mol. The van der Waals surface area contributed by atoms with Gasteiger partial charge in [0.25, 0.3) is 0 Å². The zero-order valence-corrected chi connectivity index (χ0v) is 12.4. The fourth-order valence-corrected chi connectivity index (χ4v) is 1.99. The van der Waals surface area contributed by atoms with Crippen LogP contribution in [0.5, 0.6) is 0 Å². The van der Waals surface area contributed by atoms with E-state index >= 15 is 0 Å². The first-order valence-corrected chi connectivity index (χ1v) is 7.11. The molecular weight excluding hydrogens is 208 g/mol. The molecule has 3 atom stereocenters. The minimum absolute atomic E-state index is 0.0757. The van der Waals surface area contributed by atoms with Gasteiger partial charge in [-0.2, -0.15) is 0 Å². The highest BCUT2D eigenvalue weighted by Crippen LogP contribution is 2.17. The predicted octanol–water partition coefficient (Wildman–Crippen LogP) is 4.66. The largest absolute Gasteiger partial charge is 0.369 e. The molecule has 0 saturated carbocycles. The third kappa shape index (κ3) is 10.4. The molecule has 0 aliphatic heterocycles. The van der Waals surface area contributed by atoms with E-state index in [2.05, 4.69) is 32.6 Å². The van der Waals surface area contributed by atoms with Gasteiger partial charge in [-0.05, 0) is 25.2 Å². The van der Waals surface area contributed by atoms with Crippen LogP contribution in [0.1, 0.15) is 66.2 Å². The van der Waals surface area contributed by atoms with Gasteiger partial charge in [0.15, 0.2) is 0 Å². The second-order valence-corrected chi connectivity index (χ2v) is 5.33. The molecule has 0 aromatic carbocycles. The van der Waals surface area contributed by atoms with Crippen LogP contribution in [0.2, 0.25) is 0 Å². The van der Waals surface area contributed by atoms with Crippen LogP contribution in [-0.4, -0.2) is 13.2 Å². The van der Waals surface area contributed by atoms with Crippen molar-refractivity contribution in [1.82, 2.24) is 0 Å². The lowest BCUT2D eigenvalue weighted by molar-refractivity contribution is 0.163. The standard InChI is InChI=1S/C16H30O/c1-6-9-14(2)10-7-11-15(3)12-8-13-16(4)17-5/h14-16H,6-7,9-12H2,1-5H3. The van der Waals surface area contributed by atoms with E-state index in [1.54, 1.807) is 7.11 Å². The van der Waals surface area contributed by atoms with Gasteiger partial charge in [0, 0.05) is 13.5 Å². The molecular formula is C16H30O. The Balaban J connectivity index is 3.58. The molecule has 0 N–H and O–H groups in total. The molecule has 0 amide bonds. The van der Waals surface area contributed by atoms with E-state index in [4.69, 9.17) is 4.74 Å². The summed E-state index contributed by atoms with van der Waals surface area (Å²) in [6.07, 6.45) is 7.81. The second kappa shape index (κ2) is 10.7. The average Bonchev–Trinajstić information content (AvgIpc) is 2.29. The fraction of sp³-hybridized carbons (Fsp3) is 0.875. The van der Waals surface area contributed by atoms with Crippen molar-refractivity contribution >= 4 is 0 Å². The highest BCUT2D eigenvalue weighted by atomic mass is 16.5. The molecule has 100 valence electrons. The topological polar surface area (TPSA) is 9.23 Å². The van der Waals surface area contributed by atoms with E-state index in [0.29, 0.717) is 0 Å². The summed E-state index contributed by atoms with van der Waals surface area (Å²) in [7, 11) is 1.71. The van der Waals surface area contributed by atoms with E-state index in [-0.39, 0.29) is 6.10 Å². The normalized spacial score (nSPS) is 15.8. The third-order valence-corrected chi connectivity index (χ3v) is 3.28. The summed E-state index contributed by atoms with van der Waals surface area (Å²) in [6.45, 7) is 8.93. The Morgan fingerprint density at radius 2 is 1.65 bits per heavy atom. The van der Waals surface area contributed by atoms with Gasteiger partial charge in [-0.3, -0.25) is 0 Å². The molecule has 0 bridgehead atoms. The lowest BCUT2D eigenvalue weighted by Crippen LogP contribution is -2.01. The summed E-state index contributed by atoms with van der Waals surface area (Å²) in [5.74, 6) is 7.95. The molecule has 17 heavy (non-hydrogen) atoms. The Hall–Kier alpha value is -0.480. The van der Waals surface area contributed by atoms with Gasteiger partial charge in [-0.25, -0.2) is 0 Å². The number of hydrogen-bond donors (Lipinski definition) is 0. The lowest BCUT2D eigenvalue weighted by Gasteiger charge is -2.11. The molecule has 0 rings (SSSR count). The van der Waals surface area contributed by atoms with Gasteiger partial charge in [0.05, 0.1) is 0 Å². The fourth-order valence-electron chi connectivity index (χ4n) is 1.99. The SMILES string of the molecule is CCCC(C)CCCC(C)CC#CC(C)OC. The van der Waals surface area contributed by atoms with E-state index in [9.17, 15) is 0 Å². The van der Waals surface area contributed by atoms with Crippen LogP contribution in [0.25, 0.3) is 0 Å². The Bertz CT molecular complexity index is 223. The van der Waals surface area contributed by atoms with Gasteiger partial charge in [-0.1, -0.05) is 52.4 Å². The molecule has 0 aliphatic rings. The van der Waals surface area contributed by atoms with Crippen LogP contribution in [0.3, 0.4) is 0 Å². The first kappa shape index (κ1) is 16.5. The van der Waals surface area contributed by atoms with Crippen molar-refractivity contribution in [3.8, 4) is 11.8 Å². The Labute approximate surface area is 108 Å². The molecule has 0 aliphatic carbocycles. The summed E-state index contributed by atoms with van der Waals surface area (Å²) in [5, 5.41) is 0. The molecule has 0 spiro atoms. The van der Waals surface area contributed by atoms with E-state index in [0.717, 1.165) is 18.3 Å². The molecule has 0 fully saturated rings.